The minimum atomic E-state index is -0.619. The lowest BCUT2D eigenvalue weighted by molar-refractivity contribution is -0.121. The Morgan fingerprint density at radius 1 is 1.27 bits per heavy atom. The molecule has 1 aromatic rings. The van der Waals surface area contributed by atoms with Gasteiger partial charge in [-0.3, -0.25) is 4.79 Å². The summed E-state index contributed by atoms with van der Waals surface area (Å²) in [5.41, 5.74) is -0.662. The minimum absolute atomic E-state index is 0.0929. The molecule has 0 aliphatic heterocycles. The van der Waals surface area contributed by atoms with Crippen molar-refractivity contribution in [3.05, 3.63) is 35.4 Å². The highest BCUT2D eigenvalue weighted by molar-refractivity contribution is 5.77. The number of halogens is 2. The van der Waals surface area contributed by atoms with Crippen molar-refractivity contribution in [3.8, 4) is 0 Å². The highest BCUT2D eigenvalue weighted by atomic mass is 19.1. The van der Waals surface area contributed by atoms with Crippen molar-refractivity contribution < 1.29 is 23.1 Å². The van der Waals surface area contributed by atoms with Gasteiger partial charge in [0.1, 0.15) is 17.2 Å². The average molecular weight is 368 g/mol. The molecule has 2 unspecified atom stereocenters. The van der Waals surface area contributed by atoms with Gasteiger partial charge in [-0.25, -0.2) is 13.6 Å². The van der Waals surface area contributed by atoms with Crippen LogP contribution in [0.4, 0.5) is 13.6 Å². The summed E-state index contributed by atoms with van der Waals surface area (Å²) in [5, 5.41) is 5.30. The zero-order valence-electron chi connectivity index (χ0n) is 15.6. The van der Waals surface area contributed by atoms with Gasteiger partial charge in [-0.15, -0.1) is 0 Å². The number of benzene rings is 1. The molecule has 1 aromatic carbocycles. The monoisotopic (exact) mass is 368 g/mol. The van der Waals surface area contributed by atoms with Gasteiger partial charge in [0, 0.05) is 31.0 Å². The van der Waals surface area contributed by atoms with E-state index in [1.54, 1.807) is 20.8 Å². The lowest BCUT2D eigenvalue weighted by Crippen LogP contribution is -2.37. The molecule has 0 saturated heterocycles. The standard InChI is InChI=1S/C19H26F2N2O3/c1-12-10-19(12,14-6-5-13(20)9-15(14)21)11-23-16(24)7-8-22-17(25)26-18(2,3)4/h5-6,9,12H,7-8,10-11H2,1-4H3,(H,22,25)(H,23,24). The molecule has 0 bridgehead atoms. The number of hydrogen-bond donors (Lipinski definition) is 2. The molecular weight excluding hydrogens is 342 g/mol. The fourth-order valence-electron chi connectivity index (χ4n) is 3.03. The summed E-state index contributed by atoms with van der Waals surface area (Å²) in [5.74, 6) is -1.26. The summed E-state index contributed by atoms with van der Waals surface area (Å²) in [4.78, 5) is 23.5. The number of nitrogens with one attached hydrogen (secondary N) is 2. The zero-order valence-corrected chi connectivity index (χ0v) is 15.6. The smallest absolute Gasteiger partial charge is 0.407 e. The molecule has 1 saturated carbocycles. The molecule has 0 spiro atoms. The molecule has 7 heteroatoms. The Morgan fingerprint density at radius 2 is 1.92 bits per heavy atom. The van der Waals surface area contributed by atoms with E-state index in [4.69, 9.17) is 4.74 Å². The number of ether oxygens (including phenoxy) is 1. The Hall–Kier alpha value is -2.18. The number of amides is 2. The number of rotatable bonds is 6. The molecule has 0 heterocycles. The van der Waals surface area contributed by atoms with Gasteiger partial charge in [0.25, 0.3) is 0 Å². The molecule has 2 rings (SSSR count). The highest BCUT2D eigenvalue weighted by Gasteiger charge is 2.53. The van der Waals surface area contributed by atoms with Gasteiger partial charge in [-0.1, -0.05) is 13.0 Å². The largest absolute Gasteiger partial charge is 0.444 e. The summed E-state index contributed by atoms with van der Waals surface area (Å²) >= 11 is 0. The van der Waals surface area contributed by atoms with E-state index in [1.165, 1.54) is 12.1 Å². The van der Waals surface area contributed by atoms with Crippen molar-refractivity contribution in [1.29, 1.82) is 0 Å². The van der Waals surface area contributed by atoms with Crippen LogP contribution >= 0.6 is 0 Å². The van der Waals surface area contributed by atoms with Crippen LogP contribution in [0.25, 0.3) is 0 Å². The summed E-state index contributed by atoms with van der Waals surface area (Å²) in [7, 11) is 0. The van der Waals surface area contributed by atoms with Crippen LogP contribution in [0.15, 0.2) is 18.2 Å². The minimum Gasteiger partial charge on any atom is -0.444 e. The lowest BCUT2D eigenvalue weighted by Gasteiger charge is -2.20. The summed E-state index contributed by atoms with van der Waals surface area (Å²) in [6, 6.07) is 3.55. The van der Waals surface area contributed by atoms with E-state index in [2.05, 4.69) is 10.6 Å². The maximum Gasteiger partial charge on any atom is 0.407 e. The van der Waals surface area contributed by atoms with Gasteiger partial charge in [0.05, 0.1) is 0 Å². The Morgan fingerprint density at radius 3 is 2.46 bits per heavy atom. The molecule has 144 valence electrons. The van der Waals surface area contributed by atoms with E-state index in [0.29, 0.717) is 5.56 Å². The molecular formula is C19H26F2N2O3. The summed E-state index contributed by atoms with van der Waals surface area (Å²) in [6.45, 7) is 7.66. The van der Waals surface area contributed by atoms with Crippen molar-refractivity contribution >= 4 is 12.0 Å². The van der Waals surface area contributed by atoms with Crippen LogP contribution in [-0.2, 0) is 14.9 Å². The molecule has 1 fully saturated rings. The van der Waals surface area contributed by atoms with Crippen LogP contribution in [0, 0.1) is 17.6 Å². The number of carbonyl (C=O) groups is 2. The third-order valence-corrected chi connectivity index (χ3v) is 4.54. The van der Waals surface area contributed by atoms with Crippen molar-refractivity contribution in [1.82, 2.24) is 10.6 Å². The van der Waals surface area contributed by atoms with Crippen LogP contribution < -0.4 is 10.6 Å². The molecule has 0 aromatic heterocycles. The van der Waals surface area contributed by atoms with Gasteiger partial charge in [-0.2, -0.15) is 0 Å². The van der Waals surface area contributed by atoms with Gasteiger partial charge in [-0.05, 0) is 44.7 Å². The number of alkyl carbamates (subject to hydrolysis) is 1. The van der Waals surface area contributed by atoms with E-state index in [1.807, 2.05) is 6.92 Å². The molecule has 1 aliphatic carbocycles. The van der Waals surface area contributed by atoms with Gasteiger partial charge in [0.15, 0.2) is 0 Å². The first-order valence-electron chi connectivity index (χ1n) is 8.72. The molecule has 1 aliphatic rings. The maximum atomic E-state index is 14.1. The van der Waals surface area contributed by atoms with Crippen molar-refractivity contribution in [3.63, 3.8) is 0 Å². The van der Waals surface area contributed by atoms with E-state index in [0.717, 1.165) is 12.5 Å². The van der Waals surface area contributed by atoms with E-state index in [9.17, 15) is 18.4 Å². The van der Waals surface area contributed by atoms with Crippen LogP contribution in [0.5, 0.6) is 0 Å². The van der Waals surface area contributed by atoms with Crippen LogP contribution in [0.1, 0.15) is 46.1 Å². The fraction of sp³-hybridized carbons (Fsp3) is 0.579. The maximum absolute atomic E-state index is 14.1. The fourth-order valence-corrected chi connectivity index (χ4v) is 3.03. The predicted molar refractivity (Wildman–Crippen MR) is 93.7 cm³/mol. The average Bonchev–Trinajstić information content (AvgIpc) is 3.14. The lowest BCUT2D eigenvalue weighted by atomic mass is 9.92. The van der Waals surface area contributed by atoms with Gasteiger partial charge >= 0.3 is 6.09 Å². The second kappa shape index (κ2) is 7.60. The molecule has 2 amide bonds. The Balaban J connectivity index is 1.82. The van der Waals surface area contributed by atoms with Gasteiger partial charge in [0.2, 0.25) is 5.91 Å². The third kappa shape index (κ3) is 5.16. The summed E-state index contributed by atoms with van der Waals surface area (Å²) < 4.78 is 32.3. The normalized spacial score (nSPS) is 21.8. The second-order valence-electron chi connectivity index (χ2n) is 7.84. The number of hydrogen-bond acceptors (Lipinski definition) is 3. The topological polar surface area (TPSA) is 67.4 Å². The Kier molecular flexibility index (Phi) is 5.88. The SMILES string of the molecule is CC1CC1(CNC(=O)CCNC(=O)OC(C)(C)C)c1ccc(F)cc1F. The van der Waals surface area contributed by atoms with E-state index < -0.39 is 28.7 Å². The second-order valence-corrected chi connectivity index (χ2v) is 7.84. The van der Waals surface area contributed by atoms with Gasteiger partial charge < -0.3 is 15.4 Å². The van der Waals surface area contributed by atoms with Crippen molar-refractivity contribution in [2.24, 2.45) is 5.92 Å². The molecule has 26 heavy (non-hydrogen) atoms. The van der Waals surface area contributed by atoms with Crippen LogP contribution in [0.2, 0.25) is 0 Å². The van der Waals surface area contributed by atoms with Crippen molar-refractivity contribution in [2.45, 2.75) is 51.6 Å². The number of carbonyl (C=O) groups excluding carboxylic acids is 2. The first-order valence-corrected chi connectivity index (χ1v) is 8.72. The predicted octanol–water partition coefficient (Wildman–Crippen LogP) is 3.27. The molecule has 2 atom stereocenters. The Labute approximate surface area is 152 Å². The quantitative estimate of drug-likeness (QED) is 0.810. The van der Waals surface area contributed by atoms with Crippen LogP contribution in [0.3, 0.4) is 0 Å². The Bertz CT molecular complexity index is 688. The molecule has 0 radical (unpaired) electrons. The van der Waals surface area contributed by atoms with E-state index in [-0.39, 0.29) is 31.3 Å². The zero-order chi connectivity index (χ0) is 19.5. The highest BCUT2D eigenvalue weighted by Crippen LogP contribution is 2.54. The molecule has 5 nitrogen and oxygen atoms in total. The van der Waals surface area contributed by atoms with Crippen molar-refractivity contribution in [2.75, 3.05) is 13.1 Å². The van der Waals surface area contributed by atoms with E-state index >= 15 is 0 Å². The molecule has 2 N–H and O–H groups in total. The first kappa shape index (κ1) is 20.1. The first-order chi connectivity index (χ1) is 12.0. The third-order valence-electron chi connectivity index (χ3n) is 4.54. The summed E-state index contributed by atoms with van der Waals surface area (Å²) in [6.07, 6.45) is 0.243. The van der Waals surface area contributed by atoms with Crippen LogP contribution in [-0.4, -0.2) is 30.7 Å².